The Kier molecular flexibility index (Phi) is 4.92. The summed E-state index contributed by atoms with van der Waals surface area (Å²) in [5, 5.41) is 5.55. The van der Waals surface area contributed by atoms with Crippen molar-refractivity contribution in [3.63, 3.8) is 0 Å². The molecule has 0 aromatic heterocycles. The zero-order valence-electron chi connectivity index (χ0n) is 11.5. The van der Waals surface area contributed by atoms with Gasteiger partial charge in [0.15, 0.2) is 17.5 Å². The van der Waals surface area contributed by atoms with E-state index in [-0.39, 0.29) is 12.2 Å². The number of hydrogen-bond acceptors (Lipinski definition) is 2. The second-order valence-corrected chi connectivity index (χ2v) is 5.02. The smallest absolute Gasteiger partial charge is 0.243 e. The molecule has 0 aliphatic carbocycles. The molecule has 0 aliphatic rings. The van der Waals surface area contributed by atoms with E-state index >= 15 is 0 Å². The van der Waals surface area contributed by atoms with Gasteiger partial charge in [0.2, 0.25) is 5.91 Å². The number of anilines is 2. The minimum absolute atomic E-state index is 0.290. The number of benzene rings is 2. The van der Waals surface area contributed by atoms with Gasteiger partial charge < -0.3 is 10.6 Å². The third-order valence-corrected chi connectivity index (χ3v) is 3.17. The highest BCUT2D eigenvalue weighted by molar-refractivity contribution is 6.30. The van der Waals surface area contributed by atoms with E-state index in [0.717, 1.165) is 17.7 Å². The zero-order chi connectivity index (χ0) is 16.3. The predicted octanol–water partition coefficient (Wildman–Crippen LogP) is 4.12. The second kappa shape index (κ2) is 6.70. The van der Waals surface area contributed by atoms with Gasteiger partial charge in [-0.25, -0.2) is 13.2 Å². The molecular weight excluding hydrogens is 317 g/mol. The molecule has 0 radical (unpaired) electrons. The van der Waals surface area contributed by atoms with Crippen molar-refractivity contribution in [2.75, 3.05) is 17.2 Å². The Morgan fingerprint density at radius 3 is 2.45 bits per heavy atom. The van der Waals surface area contributed by atoms with E-state index < -0.39 is 23.4 Å². The van der Waals surface area contributed by atoms with Crippen molar-refractivity contribution in [3.8, 4) is 0 Å². The molecule has 2 N–H and O–H groups in total. The quantitative estimate of drug-likeness (QED) is 0.829. The van der Waals surface area contributed by atoms with Crippen LogP contribution in [0, 0.1) is 24.4 Å². The molecule has 116 valence electrons. The molecule has 0 unspecified atom stereocenters. The summed E-state index contributed by atoms with van der Waals surface area (Å²) < 4.78 is 39.3. The number of carbonyl (C=O) groups excluding carboxylic acids is 1. The van der Waals surface area contributed by atoms with Crippen LogP contribution >= 0.6 is 11.6 Å². The van der Waals surface area contributed by atoms with E-state index in [4.69, 9.17) is 11.6 Å². The van der Waals surface area contributed by atoms with Gasteiger partial charge in [-0.05, 0) is 42.8 Å². The van der Waals surface area contributed by atoms with Crippen LogP contribution in [-0.4, -0.2) is 12.5 Å². The third-order valence-electron chi connectivity index (χ3n) is 2.94. The fraction of sp³-hybridized carbons (Fsp3) is 0.133. The van der Waals surface area contributed by atoms with Crippen LogP contribution in [0.5, 0.6) is 0 Å². The standard InChI is InChI=1S/C15H12ClF3N2O/c1-8-6-9(16)2-4-11(8)21-13(22)7-20-12-5-3-10(17)14(18)15(12)19/h2-6,20H,7H2,1H3,(H,21,22). The van der Waals surface area contributed by atoms with Crippen molar-refractivity contribution in [3.05, 3.63) is 58.4 Å². The van der Waals surface area contributed by atoms with Crippen LogP contribution in [0.25, 0.3) is 0 Å². The van der Waals surface area contributed by atoms with E-state index in [9.17, 15) is 18.0 Å². The van der Waals surface area contributed by atoms with Gasteiger partial charge in [-0.3, -0.25) is 4.79 Å². The number of nitrogens with one attached hydrogen (secondary N) is 2. The molecule has 0 spiro atoms. The highest BCUT2D eigenvalue weighted by Gasteiger charge is 2.14. The monoisotopic (exact) mass is 328 g/mol. The first-order chi connectivity index (χ1) is 10.4. The van der Waals surface area contributed by atoms with E-state index in [1.807, 2.05) is 0 Å². The second-order valence-electron chi connectivity index (χ2n) is 4.58. The van der Waals surface area contributed by atoms with Gasteiger partial charge in [-0.2, -0.15) is 0 Å². The summed E-state index contributed by atoms with van der Waals surface area (Å²) >= 11 is 5.81. The number of rotatable bonds is 4. The molecule has 3 nitrogen and oxygen atoms in total. The van der Waals surface area contributed by atoms with Crippen molar-refractivity contribution in [2.45, 2.75) is 6.92 Å². The lowest BCUT2D eigenvalue weighted by Gasteiger charge is -2.11. The Bertz CT molecular complexity index is 722. The Balaban J connectivity index is 2.00. The molecule has 22 heavy (non-hydrogen) atoms. The third kappa shape index (κ3) is 3.71. The lowest BCUT2D eigenvalue weighted by Crippen LogP contribution is -2.22. The van der Waals surface area contributed by atoms with E-state index in [1.54, 1.807) is 25.1 Å². The summed E-state index contributed by atoms with van der Waals surface area (Å²) in [7, 11) is 0. The average molecular weight is 329 g/mol. The van der Waals surface area contributed by atoms with E-state index in [0.29, 0.717) is 10.7 Å². The van der Waals surface area contributed by atoms with Crippen LogP contribution in [0.2, 0.25) is 5.02 Å². The first-order valence-corrected chi connectivity index (χ1v) is 6.69. The Morgan fingerprint density at radius 1 is 1.09 bits per heavy atom. The van der Waals surface area contributed by atoms with Crippen molar-refractivity contribution < 1.29 is 18.0 Å². The zero-order valence-corrected chi connectivity index (χ0v) is 12.3. The maximum Gasteiger partial charge on any atom is 0.243 e. The van der Waals surface area contributed by atoms with Crippen molar-refractivity contribution in [1.82, 2.24) is 0 Å². The highest BCUT2D eigenvalue weighted by atomic mass is 35.5. The lowest BCUT2D eigenvalue weighted by atomic mass is 10.2. The molecule has 2 rings (SSSR count). The number of halogens is 4. The minimum Gasteiger partial charge on any atom is -0.374 e. The van der Waals surface area contributed by atoms with Gasteiger partial charge in [0, 0.05) is 10.7 Å². The fourth-order valence-electron chi connectivity index (χ4n) is 1.80. The highest BCUT2D eigenvalue weighted by Crippen LogP contribution is 2.21. The molecule has 0 fully saturated rings. The van der Waals surface area contributed by atoms with Crippen molar-refractivity contribution in [2.24, 2.45) is 0 Å². The fourth-order valence-corrected chi connectivity index (χ4v) is 2.03. The molecule has 2 aromatic carbocycles. The number of carbonyl (C=O) groups is 1. The van der Waals surface area contributed by atoms with Crippen molar-refractivity contribution in [1.29, 1.82) is 0 Å². The maximum atomic E-state index is 13.4. The predicted molar refractivity (Wildman–Crippen MR) is 79.6 cm³/mol. The van der Waals surface area contributed by atoms with Gasteiger partial charge in [0.25, 0.3) is 0 Å². The maximum absolute atomic E-state index is 13.4. The van der Waals surface area contributed by atoms with Crippen LogP contribution in [0.15, 0.2) is 30.3 Å². The minimum atomic E-state index is -1.58. The average Bonchev–Trinajstić information content (AvgIpc) is 2.47. The summed E-state index contributed by atoms with van der Waals surface area (Å²) in [5.74, 6) is -4.70. The van der Waals surface area contributed by atoms with Gasteiger partial charge in [0.05, 0.1) is 12.2 Å². The van der Waals surface area contributed by atoms with Crippen molar-refractivity contribution >= 4 is 28.9 Å². The molecule has 1 amide bonds. The normalized spacial score (nSPS) is 10.4. The Labute approximate surface area is 130 Å². The molecule has 7 heteroatoms. The largest absolute Gasteiger partial charge is 0.374 e. The molecule has 2 aromatic rings. The summed E-state index contributed by atoms with van der Waals surface area (Å²) in [5.41, 5.74) is 1.03. The number of hydrogen-bond donors (Lipinski definition) is 2. The number of aryl methyl sites for hydroxylation is 1. The molecule has 0 saturated carbocycles. The first-order valence-electron chi connectivity index (χ1n) is 6.32. The molecule has 0 heterocycles. The van der Waals surface area contributed by atoms with E-state index in [1.165, 1.54) is 0 Å². The van der Waals surface area contributed by atoms with Gasteiger partial charge in [-0.1, -0.05) is 11.6 Å². The van der Waals surface area contributed by atoms with Gasteiger partial charge in [0.1, 0.15) is 0 Å². The van der Waals surface area contributed by atoms with Gasteiger partial charge >= 0.3 is 0 Å². The number of amides is 1. The Hall–Kier alpha value is -2.21. The van der Waals surface area contributed by atoms with Crippen LogP contribution in [0.4, 0.5) is 24.5 Å². The lowest BCUT2D eigenvalue weighted by molar-refractivity contribution is -0.114. The first kappa shape index (κ1) is 16.2. The molecule has 0 saturated heterocycles. The molecule has 0 bridgehead atoms. The molecule has 0 atom stereocenters. The van der Waals surface area contributed by atoms with Crippen LogP contribution in [0.3, 0.4) is 0 Å². The van der Waals surface area contributed by atoms with E-state index in [2.05, 4.69) is 10.6 Å². The van der Waals surface area contributed by atoms with Gasteiger partial charge in [-0.15, -0.1) is 0 Å². The summed E-state index contributed by atoms with van der Waals surface area (Å²) in [6.45, 7) is 1.47. The molecule has 0 aliphatic heterocycles. The Morgan fingerprint density at radius 2 is 1.77 bits per heavy atom. The summed E-state index contributed by atoms with van der Waals surface area (Å²) in [6, 6.07) is 6.73. The summed E-state index contributed by atoms with van der Waals surface area (Å²) in [6.07, 6.45) is 0. The summed E-state index contributed by atoms with van der Waals surface area (Å²) in [4.78, 5) is 11.8. The van der Waals surface area contributed by atoms with Crippen LogP contribution in [-0.2, 0) is 4.79 Å². The van der Waals surface area contributed by atoms with Crippen LogP contribution < -0.4 is 10.6 Å². The molecular formula is C15H12ClF3N2O. The topological polar surface area (TPSA) is 41.1 Å². The SMILES string of the molecule is Cc1cc(Cl)ccc1NC(=O)CNc1ccc(F)c(F)c1F. The van der Waals surface area contributed by atoms with Crippen LogP contribution in [0.1, 0.15) is 5.56 Å².